The topological polar surface area (TPSA) is 32.3 Å². The molecule has 0 spiro atoms. The lowest BCUT2D eigenvalue weighted by molar-refractivity contribution is -0.126. The minimum atomic E-state index is -0.0669. The van der Waals surface area contributed by atoms with Gasteiger partial charge in [0.05, 0.1) is 0 Å². The van der Waals surface area contributed by atoms with Crippen LogP contribution in [0.15, 0.2) is 22.9 Å². The second-order valence-electron chi connectivity index (χ2n) is 6.32. The molecule has 106 valence electrons. The molecule has 2 unspecified atom stereocenters. The molecule has 0 radical (unpaired) electrons. The Morgan fingerprint density at radius 3 is 2.74 bits per heavy atom. The maximum Gasteiger partial charge on any atom is 0.242 e. The van der Waals surface area contributed by atoms with Crippen LogP contribution < -0.4 is 5.32 Å². The maximum atomic E-state index is 12.2. The summed E-state index contributed by atoms with van der Waals surface area (Å²) in [6.45, 7) is 9.49. The van der Waals surface area contributed by atoms with Crippen LogP contribution in [0.1, 0.15) is 40.5 Å². The molecule has 1 aliphatic carbocycles. The van der Waals surface area contributed by atoms with Crippen LogP contribution in [0.5, 0.6) is 0 Å². The van der Waals surface area contributed by atoms with Crippen molar-refractivity contribution in [2.75, 3.05) is 13.6 Å². The van der Waals surface area contributed by atoms with Gasteiger partial charge in [0.15, 0.2) is 0 Å². The number of hydrogen-bond acceptors (Lipinski definition) is 2. The summed E-state index contributed by atoms with van der Waals surface area (Å²) < 4.78 is 0. The van der Waals surface area contributed by atoms with Crippen LogP contribution in [0.25, 0.3) is 0 Å². The van der Waals surface area contributed by atoms with Crippen LogP contribution in [0.3, 0.4) is 0 Å². The molecule has 0 bridgehead atoms. The maximum absolute atomic E-state index is 12.2. The van der Waals surface area contributed by atoms with Crippen LogP contribution in [-0.2, 0) is 4.79 Å². The van der Waals surface area contributed by atoms with Gasteiger partial charge in [-0.1, -0.05) is 26.3 Å². The molecule has 2 rings (SSSR count). The van der Waals surface area contributed by atoms with Gasteiger partial charge >= 0.3 is 0 Å². The molecular weight excluding hydrogens is 236 g/mol. The molecule has 1 aliphatic heterocycles. The van der Waals surface area contributed by atoms with Crippen molar-refractivity contribution >= 4 is 5.91 Å². The minimum Gasteiger partial charge on any atom is -0.362 e. The molecule has 0 saturated heterocycles. The van der Waals surface area contributed by atoms with Gasteiger partial charge in [-0.25, -0.2) is 0 Å². The Kier molecular flexibility index (Phi) is 4.02. The fraction of sp³-hybridized carbons (Fsp3) is 0.688. The van der Waals surface area contributed by atoms with Gasteiger partial charge in [0.1, 0.15) is 6.04 Å². The van der Waals surface area contributed by atoms with E-state index in [0.29, 0.717) is 11.8 Å². The minimum absolute atomic E-state index is 0.0669. The SMILES string of the molecule is CC1=CC2=C(CCNC(=O)C(C(C)C)N2C)CC1C. The summed E-state index contributed by atoms with van der Waals surface area (Å²) in [5.41, 5.74) is 4.20. The summed E-state index contributed by atoms with van der Waals surface area (Å²) in [6, 6.07) is -0.0669. The van der Waals surface area contributed by atoms with Crippen LogP contribution in [0.4, 0.5) is 0 Å². The molecular formula is C16H26N2O. The van der Waals surface area contributed by atoms with Crippen LogP contribution >= 0.6 is 0 Å². The van der Waals surface area contributed by atoms with E-state index in [-0.39, 0.29) is 11.9 Å². The number of carbonyl (C=O) groups is 1. The van der Waals surface area contributed by atoms with Gasteiger partial charge in [-0.3, -0.25) is 4.79 Å². The number of carbonyl (C=O) groups excluding carboxylic acids is 1. The van der Waals surface area contributed by atoms with Crippen LogP contribution in [-0.4, -0.2) is 30.4 Å². The van der Waals surface area contributed by atoms with E-state index in [2.05, 4.69) is 51.0 Å². The fourth-order valence-corrected chi connectivity index (χ4v) is 3.19. The Morgan fingerprint density at radius 2 is 2.11 bits per heavy atom. The summed E-state index contributed by atoms with van der Waals surface area (Å²) in [5.74, 6) is 1.10. The van der Waals surface area contributed by atoms with Crippen molar-refractivity contribution in [3.8, 4) is 0 Å². The van der Waals surface area contributed by atoms with Crippen molar-refractivity contribution in [1.29, 1.82) is 0 Å². The average Bonchev–Trinajstić information content (AvgIpc) is 2.31. The van der Waals surface area contributed by atoms with Gasteiger partial charge in [-0.15, -0.1) is 0 Å². The highest BCUT2D eigenvalue weighted by atomic mass is 16.2. The van der Waals surface area contributed by atoms with E-state index in [0.717, 1.165) is 19.4 Å². The van der Waals surface area contributed by atoms with Crippen molar-refractivity contribution < 1.29 is 4.79 Å². The van der Waals surface area contributed by atoms with Crippen molar-refractivity contribution in [3.05, 3.63) is 22.9 Å². The first kappa shape index (κ1) is 14.2. The molecule has 0 aromatic rings. The second-order valence-corrected chi connectivity index (χ2v) is 6.32. The van der Waals surface area contributed by atoms with Gasteiger partial charge in [-0.05, 0) is 43.3 Å². The summed E-state index contributed by atoms with van der Waals surface area (Å²) in [6.07, 6.45) is 4.39. The summed E-state index contributed by atoms with van der Waals surface area (Å²) in [7, 11) is 2.06. The van der Waals surface area contributed by atoms with E-state index in [9.17, 15) is 4.79 Å². The second kappa shape index (κ2) is 5.40. The zero-order valence-electron chi connectivity index (χ0n) is 12.8. The Bertz CT molecular complexity index is 434. The van der Waals surface area contributed by atoms with Gasteiger partial charge in [0, 0.05) is 19.3 Å². The first-order valence-corrected chi connectivity index (χ1v) is 7.32. The first-order valence-electron chi connectivity index (χ1n) is 7.32. The number of allylic oxidation sites excluding steroid dienone is 2. The zero-order valence-corrected chi connectivity index (χ0v) is 12.8. The average molecular weight is 262 g/mol. The lowest BCUT2D eigenvalue weighted by atomic mass is 9.84. The normalized spacial score (nSPS) is 28.6. The predicted molar refractivity (Wildman–Crippen MR) is 78.6 cm³/mol. The number of nitrogens with zero attached hydrogens (tertiary/aromatic N) is 1. The standard InChI is InChI=1S/C16H26N2O/c1-10(2)15-16(19)17-7-6-13-8-11(3)12(4)9-14(13)18(15)5/h9-11,15H,6-8H2,1-5H3,(H,17,19). The summed E-state index contributed by atoms with van der Waals surface area (Å²) in [4.78, 5) is 14.4. The predicted octanol–water partition coefficient (Wildman–Crippen LogP) is 2.70. The highest BCUT2D eigenvalue weighted by Gasteiger charge is 2.31. The fourth-order valence-electron chi connectivity index (χ4n) is 3.19. The Balaban J connectivity index is 2.40. The number of amides is 1. The van der Waals surface area contributed by atoms with Gasteiger partial charge in [0.2, 0.25) is 5.91 Å². The third-order valence-electron chi connectivity index (χ3n) is 4.48. The molecule has 19 heavy (non-hydrogen) atoms. The molecule has 1 amide bonds. The van der Waals surface area contributed by atoms with E-state index in [1.54, 1.807) is 0 Å². The molecule has 1 N–H and O–H groups in total. The van der Waals surface area contributed by atoms with Crippen molar-refractivity contribution in [2.45, 2.75) is 46.6 Å². The molecule has 0 fully saturated rings. The largest absolute Gasteiger partial charge is 0.362 e. The number of hydrogen-bond donors (Lipinski definition) is 1. The first-order chi connectivity index (χ1) is 8.91. The van der Waals surface area contributed by atoms with E-state index < -0.39 is 0 Å². The molecule has 1 heterocycles. The van der Waals surface area contributed by atoms with Crippen molar-refractivity contribution in [1.82, 2.24) is 10.2 Å². The lowest BCUT2D eigenvalue weighted by Gasteiger charge is -2.38. The molecule has 3 nitrogen and oxygen atoms in total. The highest BCUT2D eigenvalue weighted by Crippen LogP contribution is 2.34. The number of nitrogens with one attached hydrogen (secondary N) is 1. The molecule has 2 aliphatic rings. The molecule has 0 saturated carbocycles. The number of likely N-dealkylation sites (N-methyl/N-ethyl adjacent to an activating group) is 1. The monoisotopic (exact) mass is 262 g/mol. The Labute approximate surface area is 116 Å². The third kappa shape index (κ3) is 2.70. The molecule has 0 aromatic carbocycles. The van der Waals surface area contributed by atoms with Crippen LogP contribution in [0, 0.1) is 11.8 Å². The summed E-state index contributed by atoms with van der Waals surface area (Å²) in [5, 5.41) is 3.07. The smallest absolute Gasteiger partial charge is 0.242 e. The third-order valence-corrected chi connectivity index (χ3v) is 4.48. The zero-order chi connectivity index (χ0) is 14.2. The van der Waals surface area contributed by atoms with Gasteiger partial charge in [0.25, 0.3) is 0 Å². The quantitative estimate of drug-likeness (QED) is 0.788. The number of rotatable bonds is 1. The Hall–Kier alpha value is -1.25. The Morgan fingerprint density at radius 1 is 1.42 bits per heavy atom. The van der Waals surface area contributed by atoms with Crippen molar-refractivity contribution in [2.24, 2.45) is 11.8 Å². The van der Waals surface area contributed by atoms with E-state index in [1.165, 1.54) is 16.8 Å². The molecule has 3 heteroatoms. The van der Waals surface area contributed by atoms with E-state index >= 15 is 0 Å². The van der Waals surface area contributed by atoms with Crippen LogP contribution in [0.2, 0.25) is 0 Å². The summed E-state index contributed by atoms with van der Waals surface area (Å²) >= 11 is 0. The lowest BCUT2D eigenvalue weighted by Crippen LogP contribution is -2.49. The van der Waals surface area contributed by atoms with E-state index in [4.69, 9.17) is 0 Å². The molecule has 0 aromatic heterocycles. The van der Waals surface area contributed by atoms with Crippen molar-refractivity contribution in [3.63, 3.8) is 0 Å². The van der Waals surface area contributed by atoms with E-state index in [1.807, 2.05) is 0 Å². The highest BCUT2D eigenvalue weighted by molar-refractivity contribution is 5.82. The molecule has 2 atom stereocenters. The van der Waals surface area contributed by atoms with Gasteiger partial charge < -0.3 is 10.2 Å². The van der Waals surface area contributed by atoms with Gasteiger partial charge in [-0.2, -0.15) is 0 Å².